The van der Waals surface area contributed by atoms with Crippen molar-refractivity contribution in [3.63, 3.8) is 0 Å². The van der Waals surface area contributed by atoms with E-state index >= 15 is 0 Å². The van der Waals surface area contributed by atoms with Gasteiger partial charge in [0.1, 0.15) is 11.5 Å². The molecule has 2 amide bonds. The standard InChI is InChI=1S/C25H30ClN5O4S/c1-15(2)13-31-24(16(3)35-21-9-7-6-8-19(21)26)29-30-25(31)36-14-23(33)28-18-10-11-22(34-5)20(12-18)27-17(4)32/h6-12,15-16H,13-14H2,1-5H3,(H,27,32)(H,28,33). The maximum atomic E-state index is 12.7. The molecule has 2 N–H and O–H groups in total. The van der Waals surface area contributed by atoms with Crippen molar-refractivity contribution in [2.24, 2.45) is 5.92 Å². The summed E-state index contributed by atoms with van der Waals surface area (Å²) in [5.74, 6) is 1.71. The number of nitrogens with zero attached hydrogens (tertiary/aromatic N) is 3. The number of methoxy groups -OCH3 is 1. The lowest BCUT2D eigenvalue weighted by Gasteiger charge is -2.18. The molecule has 2 aromatic carbocycles. The number of carbonyl (C=O) groups is 2. The minimum absolute atomic E-state index is 0.122. The molecular weight excluding hydrogens is 502 g/mol. The van der Waals surface area contributed by atoms with Crippen LogP contribution in [0.3, 0.4) is 0 Å². The van der Waals surface area contributed by atoms with Gasteiger partial charge in [-0.2, -0.15) is 0 Å². The van der Waals surface area contributed by atoms with Gasteiger partial charge in [0, 0.05) is 19.2 Å². The number of carbonyl (C=O) groups excluding carboxylic acids is 2. The van der Waals surface area contributed by atoms with Gasteiger partial charge in [0.2, 0.25) is 11.8 Å². The van der Waals surface area contributed by atoms with Gasteiger partial charge in [-0.1, -0.05) is 49.3 Å². The van der Waals surface area contributed by atoms with Crippen molar-refractivity contribution in [1.82, 2.24) is 14.8 Å². The molecule has 1 heterocycles. The Bertz CT molecular complexity index is 1220. The smallest absolute Gasteiger partial charge is 0.234 e. The van der Waals surface area contributed by atoms with Crippen LogP contribution in [0, 0.1) is 5.92 Å². The van der Waals surface area contributed by atoms with Crippen molar-refractivity contribution in [3.05, 3.63) is 53.3 Å². The molecule has 0 saturated heterocycles. The molecule has 3 aromatic rings. The highest BCUT2D eigenvalue weighted by molar-refractivity contribution is 7.99. The quantitative estimate of drug-likeness (QED) is 0.318. The number of nitrogens with one attached hydrogen (secondary N) is 2. The number of ether oxygens (including phenoxy) is 2. The summed E-state index contributed by atoms with van der Waals surface area (Å²) in [6, 6.07) is 12.3. The lowest BCUT2D eigenvalue weighted by Crippen LogP contribution is -2.17. The van der Waals surface area contributed by atoms with E-state index in [1.165, 1.54) is 25.8 Å². The van der Waals surface area contributed by atoms with Gasteiger partial charge in [-0.15, -0.1) is 10.2 Å². The number of hydrogen-bond acceptors (Lipinski definition) is 7. The number of rotatable bonds is 11. The van der Waals surface area contributed by atoms with Crippen LogP contribution in [0.15, 0.2) is 47.6 Å². The highest BCUT2D eigenvalue weighted by Crippen LogP contribution is 2.30. The molecule has 0 spiro atoms. The minimum Gasteiger partial charge on any atom is -0.495 e. The number of benzene rings is 2. The van der Waals surface area contributed by atoms with Gasteiger partial charge < -0.3 is 24.7 Å². The highest BCUT2D eigenvalue weighted by Gasteiger charge is 2.22. The van der Waals surface area contributed by atoms with Crippen LogP contribution in [-0.2, 0) is 16.1 Å². The first-order chi connectivity index (χ1) is 17.2. The molecular formula is C25H30ClN5O4S. The number of hydrogen-bond donors (Lipinski definition) is 2. The maximum absolute atomic E-state index is 12.7. The Balaban J connectivity index is 1.70. The molecule has 192 valence electrons. The largest absolute Gasteiger partial charge is 0.495 e. The second-order valence-corrected chi connectivity index (χ2v) is 9.82. The van der Waals surface area contributed by atoms with Crippen molar-refractivity contribution >= 4 is 46.6 Å². The lowest BCUT2D eigenvalue weighted by atomic mass is 10.2. The van der Waals surface area contributed by atoms with Gasteiger partial charge in [0.05, 0.1) is 23.6 Å². The molecule has 1 unspecified atom stereocenters. The molecule has 11 heteroatoms. The van der Waals surface area contributed by atoms with Crippen LogP contribution in [0.5, 0.6) is 11.5 Å². The van der Waals surface area contributed by atoms with E-state index in [-0.39, 0.29) is 17.6 Å². The van der Waals surface area contributed by atoms with E-state index in [1.807, 2.05) is 23.6 Å². The molecule has 3 rings (SSSR count). The monoisotopic (exact) mass is 531 g/mol. The maximum Gasteiger partial charge on any atom is 0.234 e. The Kier molecular flexibility index (Phi) is 9.60. The summed E-state index contributed by atoms with van der Waals surface area (Å²) in [5, 5.41) is 15.4. The van der Waals surface area contributed by atoms with Crippen LogP contribution < -0.4 is 20.1 Å². The van der Waals surface area contributed by atoms with E-state index in [0.717, 1.165) is 0 Å². The van der Waals surface area contributed by atoms with Gasteiger partial charge in [-0.05, 0) is 43.2 Å². The fourth-order valence-corrected chi connectivity index (χ4v) is 4.36. The van der Waals surface area contributed by atoms with E-state index in [9.17, 15) is 9.59 Å². The third-order valence-corrected chi connectivity index (χ3v) is 6.20. The number of amides is 2. The zero-order chi connectivity index (χ0) is 26.2. The first kappa shape index (κ1) is 27.3. The molecule has 9 nitrogen and oxygen atoms in total. The van der Waals surface area contributed by atoms with Gasteiger partial charge >= 0.3 is 0 Å². The Labute approximate surface area is 219 Å². The van der Waals surface area contributed by atoms with Gasteiger partial charge in [0.15, 0.2) is 17.1 Å². The molecule has 0 aliphatic heterocycles. The lowest BCUT2D eigenvalue weighted by molar-refractivity contribution is -0.114. The molecule has 0 saturated carbocycles. The number of halogens is 1. The summed E-state index contributed by atoms with van der Waals surface area (Å²) in [7, 11) is 1.51. The van der Waals surface area contributed by atoms with Crippen LogP contribution in [0.25, 0.3) is 0 Å². The predicted octanol–water partition coefficient (Wildman–Crippen LogP) is 5.43. The van der Waals surface area contributed by atoms with Crippen molar-refractivity contribution < 1.29 is 19.1 Å². The average Bonchev–Trinajstić information content (AvgIpc) is 3.21. The first-order valence-corrected chi connectivity index (χ1v) is 12.8. The molecule has 0 aliphatic carbocycles. The molecule has 0 aliphatic rings. The van der Waals surface area contributed by atoms with Gasteiger partial charge in [-0.25, -0.2) is 0 Å². The molecule has 0 bridgehead atoms. The first-order valence-electron chi connectivity index (χ1n) is 11.4. The van der Waals surface area contributed by atoms with Crippen molar-refractivity contribution in [2.75, 3.05) is 23.5 Å². The second kappa shape index (κ2) is 12.6. The fraction of sp³-hybridized carbons (Fsp3) is 0.360. The highest BCUT2D eigenvalue weighted by atomic mass is 35.5. The second-order valence-electron chi connectivity index (χ2n) is 8.47. The van der Waals surface area contributed by atoms with Crippen LogP contribution in [0.1, 0.15) is 39.6 Å². The molecule has 0 radical (unpaired) electrons. The van der Waals surface area contributed by atoms with E-state index in [0.29, 0.717) is 51.3 Å². The summed E-state index contributed by atoms with van der Waals surface area (Å²) in [5.41, 5.74) is 1.01. The topological polar surface area (TPSA) is 107 Å². The number of anilines is 2. The van der Waals surface area contributed by atoms with Crippen LogP contribution in [0.4, 0.5) is 11.4 Å². The predicted molar refractivity (Wildman–Crippen MR) is 142 cm³/mol. The van der Waals surface area contributed by atoms with Crippen molar-refractivity contribution in [3.8, 4) is 11.5 Å². The van der Waals surface area contributed by atoms with E-state index in [4.69, 9.17) is 21.1 Å². The third-order valence-electron chi connectivity index (χ3n) is 4.92. The van der Waals surface area contributed by atoms with Gasteiger partial charge in [-0.3, -0.25) is 9.59 Å². The summed E-state index contributed by atoms with van der Waals surface area (Å²) in [6.07, 6.45) is -0.397. The fourth-order valence-electron chi connectivity index (χ4n) is 3.43. The zero-order valence-corrected chi connectivity index (χ0v) is 22.4. The SMILES string of the molecule is COc1ccc(NC(=O)CSc2nnc(C(C)Oc3ccccc3Cl)n2CC(C)C)cc1NC(C)=O. The number of thioether (sulfide) groups is 1. The summed E-state index contributed by atoms with van der Waals surface area (Å²) in [4.78, 5) is 24.1. The van der Waals surface area contributed by atoms with E-state index in [2.05, 4.69) is 34.7 Å². The Morgan fingerprint density at radius 2 is 1.83 bits per heavy atom. The molecule has 1 atom stereocenters. The molecule has 0 fully saturated rings. The number of aromatic nitrogens is 3. The number of para-hydroxylation sites is 1. The molecule has 36 heavy (non-hydrogen) atoms. The average molecular weight is 532 g/mol. The van der Waals surface area contributed by atoms with Crippen molar-refractivity contribution in [1.29, 1.82) is 0 Å². The Morgan fingerprint density at radius 3 is 2.50 bits per heavy atom. The van der Waals surface area contributed by atoms with E-state index in [1.54, 1.807) is 30.3 Å². The normalized spacial score (nSPS) is 11.8. The summed E-state index contributed by atoms with van der Waals surface area (Å²) in [6.45, 7) is 8.16. The van der Waals surface area contributed by atoms with Crippen molar-refractivity contribution in [2.45, 2.75) is 45.5 Å². The Hall–Kier alpha value is -3.24. The minimum atomic E-state index is -0.397. The summed E-state index contributed by atoms with van der Waals surface area (Å²) >= 11 is 7.53. The van der Waals surface area contributed by atoms with Gasteiger partial charge in [0.25, 0.3) is 0 Å². The summed E-state index contributed by atoms with van der Waals surface area (Å²) < 4.78 is 13.3. The zero-order valence-electron chi connectivity index (χ0n) is 20.9. The van der Waals surface area contributed by atoms with Crippen LogP contribution in [-0.4, -0.2) is 39.4 Å². The third kappa shape index (κ3) is 7.38. The Morgan fingerprint density at radius 1 is 1.08 bits per heavy atom. The van der Waals surface area contributed by atoms with Crippen LogP contribution in [0.2, 0.25) is 5.02 Å². The molecule has 1 aromatic heterocycles. The van der Waals surface area contributed by atoms with Crippen LogP contribution >= 0.6 is 23.4 Å². The van der Waals surface area contributed by atoms with E-state index < -0.39 is 6.10 Å².